The van der Waals surface area contributed by atoms with Gasteiger partial charge in [-0.1, -0.05) is 30.3 Å². The zero-order chi connectivity index (χ0) is 28.1. The molecule has 0 aliphatic heterocycles. The molecule has 0 unspecified atom stereocenters. The third-order valence-corrected chi connectivity index (χ3v) is 7.45. The van der Waals surface area contributed by atoms with Crippen LogP contribution in [-0.2, 0) is 35.8 Å². The van der Waals surface area contributed by atoms with E-state index in [1.165, 1.54) is 6.07 Å². The number of halogens is 3. The Morgan fingerprint density at radius 3 is 2.24 bits per heavy atom. The lowest BCUT2D eigenvalue weighted by Gasteiger charge is -2.28. The minimum Gasteiger partial charge on any atom is -0.508 e. The van der Waals surface area contributed by atoms with Crippen molar-refractivity contribution in [1.29, 1.82) is 0 Å². The highest BCUT2D eigenvalue weighted by atomic mass is 32.2. The van der Waals surface area contributed by atoms with Crippen LogP contribution in [0.3, 0.4) is 0 Å². The van der Waals surface area contributed by atoms with E-state index in [4.69, 9.17) is 0 Å². The maximum Gasteiger partial charge on any atom is 0.416 e. The Morgan fingerprint density at radius 2 is 1.61 bits per heavy atom. The molecule has 0 saturated carbocycles. The molecule has 1 atom stereocenters. The number of alkyl halides is 3. The number of hydrogen-bond acceptors (Lipinski definition) is 6. The highest BCUT2D eigenvalue weighted by Gasteiger charge is 2.30. The van der Waals surface area contributed by atoms with E-state index in [2.05, 4.69) is 10.0 Å². The van der Waals surface area contributed by atoms with E-state index in [1.54, 1.807) is 24.3 Å². The number of aliphatic hydroxyl groups excluding tert-OH is 2. The molecule has 0 aliphatic rings. The Labute approximate surface area is 220 Å². The molecule has 0 aromatic heterocycles. The van der Waals surface area contributed by atoms with E-state index in [1.807, 2.05) is 26.0 Å². The average molecular weight is 553 g/mol. The van der Waals surface area contributed by atoms with Crippen LogP contribution in [0.4, 0.5) is 13.2 Å². The standard InChI is InChI=1S/C27H31F3N2O5S/c1-26(2,31-16-25(35)20-6-11-24(34)21(13-20)17-33)14-18-4-3-5-19(12-18)15-32-38(36,37)23-9-7-22(8-10-23)27(28,29)30/h3-13,25,31-35H,14-17H2,1-2H3/t25-/m1/s1. The van der Waals surface area contributed by atoms with Crippen molar-refractivity contribution >= 4 is 10.0 Å². The van der Waals surface area contributed by atoms with Gasteiger partial charge in [-0.15, -0.1) is 0 Å². The van der Waals surface area contributed by atoms with E-state index in [0.717, 1.165) is 29.8 Å². The van der Waals surface area contributed by atoms with Crippen molar-refractivity contribution in [2.45, 2.75) is 56.1 Å². The van der Waals surface area contributed by atoms with E-state index < -0.39 is 33.4 Å². The Balaban J connectivity index is 1.59. The summed E-state index contributed by atoms with van der Waals surface area (Å²) >= 11 is 0. The summed E-state index contributed by atoms with van der Waals surface area (Å²) in [5.74, 6) is -0.0433. The van der Waals surface area contributed by atoms with Gasteiger partial charge in [-0.25, -0.2) is 13.1 Å². The number of sulfonamides is 1. The Bertz CT molecular complexity index is 1340. The molecule has 0 amide bonds. The van der Waals surface area contributed by atoms with Gasteiger partial charge in [0.05, 0.1) is 23.2 Å². The monoisotopic (exact) mass is 552 g/mol. The van der Waals surface area contributed by atoms with Gasteiger partial charge in [0.2, 0.25) is 10.0 Å². The molecule has 3 aromatic carbocycles. The fourth-order valence-corrected chi connectivity index (χ4v) is 4.96. The molecule has 11 heteroatoms. The summed E-state index contributed by atoms with van der Waals surface area (Å²) in [6.45, 7) is 3.74. The lowest BCUT2D eigenvalue weighted by atomic mass is 9.93. The molecule has 7 nitrogen and oxygen atoms in total. The average Bonchev–Trinajstić information content (AvgIpc) is 2.86. The maximum atomic E-state index is 12.7. The highest BCUT2D eigenvalue weighted by molar-refractivity contribution is 7.89. The molecular formula is C27H31F3N2O5S. The van der Waals surface area contributed by atoms with Crippen LogP contribution in [0.1, 0.15) is 47.8 Å². The molecule has 0 radical (unpaired) electrons. The topological polar surface area (TPSA) is 119 Å². The Hall–Kier alpha value is -2.96. The number of aromatic hydroxyl groups is 1. The molecule has 3 aromatic rings. The summed E-state index contributed by atoms with van der Waals surface area (Å²) < 4.78 is 65.8. The van der Waals surface area contributed by atoms with Crippen molar-refractivity contribution in [3.63, 3.8) is 0 Å². The van der Waals surface area contributed by atoms with Crippen molar-refractivity contribution in [3.05, 3.63) is 94.5 Å². The normalized spacial score (nSPS) is 13.4. The summed E-state index contributed by atoms with van der Waals surface area (Å²) in [5.41, 5.74) is 1.09. The van der Waals surface area contributed by atoms with Gasteiger partial charge < -0.3 is 20.6 Å². The molecule has 5 N–H and O–H groups in total. The van der Waals surface area contributed by atoms with Crippen molar-refractivity contribution in [2.24, 2.45) is 0 Å². The lowest BCUT2D eigenvalue weighted by molar-refractivity contribution is -0.137. The summed E-state index contributed by atoms with van der Waals surface area (Å²) in [5, 5.41) is 32.9. The van der Waals surface area contributed by atoms with Crippen LogP contribution in [0, 0.1) is 0 Å². The van der Waals surface area contributed by atoms with Gasteiger partial charge in [0.1, 0.15) is 5.75 Å². The molecular weight excluding hydrogens is 521 g/mol. The van der Waals surface area contributed by atoms with Gasteiger partial charge in [-0.05, 0) is 73.4 Å². The van der Waals surface area contributed by atoms with Gasteiger partial charge in [-0.2, -0.15) is 13.2 Å². The van der Waals surface area contributed by atoms with Crippen LogP contribution in [0.25, 0.3) is 0 Å². The van der Waals surface area contributed by atoms with E-state index in [0.29, 0.717) is 23.1 Å². The van der Waals surface area contributed by atoms with E-state index in [9.17, 15) is 36.9 Å². The maximum absolute atomic E-state index is 12.7. The number of β-amino-alcohol motifs (C(OH)–C–C–N with tert-alkyl or cyclic N) is 1. The fourth-order valence-electron chi connectivity index (χ4n) is 3.94. The smallest absolute Gasteiger partial charge is 0.416 e. The second kappa shape index (κ2) is 11.8. The second-order valence-electron chi connectivity index (χ2n) is 9.67. The van der Waals surface area contributed by atoms with Gasteiger partial charge in [0.25, 0.3) is 0 Å². The quantitative estimate of drug-likeness (QED) is 0.245. The molecule has 0 bridgehead atoms. The minimum absolute atomic E-state index is 0.0433. The van der Waals surface area contributed by atoms with Gasteiger partial charge >= 0.3 is 6.18 Å². The van der Waals surface area contributed by atoms with Crippen LogP contribution in [-0.4, -0.2) is 35.8 Å². The molecule has 0 fully saturated rings. The number of benzene rings is 3. The van der Waals surface area contributed by atoms with Crippen LogP contribution >= 0.6 is 0 Å². The molecule has 3 rings (SSSR count). The predicted octanol–water partition coefficient (Wildman–Crippen LogP) is 4.03. The summed E-state index contributed by atoms with van der Waals surface area (Å²) in [4.78, 5) is -0.259. The van der Waals surface area contributed by atoms with Crippen LogP contribution in [0.2, 0.25) is 0 Å². The third-order valence-electron chi connectivity index (χ3n) is 6.03. The van der Waals surface area contributed by atoms with E-state index in [-0.39, 0.29) is 30.3 Å². The number of rotatable bonds is 11. The van der Waals surface area contributed by atoms with Gasteiger partial charge in [0.15, 0.2) is 0 Å². The van der Waals surface area contributed by atoms with Crippen LogP contribution in [0.15, 0.2) is 71.6 Å². The molecule has 0 heterocycles. The fraction of sp³-hybridized carbons (Fsp3) is 0.333. The molecule has 0 aliphatic carbocycles. The van der Waals surface area contributed by atoms with Crippen molar-refractivity contribution in [1.82, 2.24) is 10.0 Å². The Kier molecular flexibility index (Phi) is 9.21. The zero-order valence-corrected chi connectivity index (χ0v) is 21.8. The first kappa shape index (κ1) is 29.6. The zero-order valence-electron chi connectivity index (χ0n) is 21.0. The van der Waals surface area contributed by atoms with Crippen molar-refractivity contribution in [2.75, 3.05) is 6.54 Å². The summed E-state index contributed by atoms with van der Waals surface area (Å²) in [6, 6.07) is 15.1. The third kappa shape index (κ3) is 8.02. The van der Waals surface area contributed by atoms with Gasteiger partial charge in [-0.3, -0.25) is 0 Å². The SMILES string of the molecule is CC(C)(Cc1cccc(CNS(=O)(=O)c2ccc(C(F)(F)F)cc2)c1)NC[C@@H](O)c1ccc(O)c(CO)c1. The van der Waals surface area contributed by atoms with Crippen molar-refractivity contribution in [3.8, 4) is 5.75 Å². The van der Waals surface area contributed by atoms with E-state index >= 15 is 0 Å². The van der Waals surface area contributed by atoms with Gasteiger partial charge in [0, 0.05) is 24.2 Å². The largest absolute Gasteiger partial charge is 0.508 e. The second-order valence-corrected chi connectivity index (χ2v) is 11.4. The van der Waals surface area contributed by atoms with Crippen LogP contribution < -0.4 is 10.0 Å². The highest BCUT2D eigenvalue weighted by Crippen LogP contribution is 2.29. The van der Waals surface area contributed by atoms with Crippen molar-refractivity contribution < 1.29 is 36.9 Å². The summed E-state index contributed by atoms with van der Waals surface area (Å²) in [6.07, 6.45) is -4.87. The minimum atomic E-state index is -4.55. The number of nitrogens with one attached hydrogen (secondary N) is 2. The first-order valence-corrected chi connectivity index (χ1v) is 13.3. The number of hydrogen-bond donors (Lipinski definition) is 5. The molecule has 0 spiro atoms. The Morgan fingerprint density at radius 1 is 0.947 bits per heavy atom. The first-order chi connectivity index (χ1) is 17.7. The molecule has 38 heavy (non-hydrogen) atoms. The number of aliphatic hydroxyl groups is 2. The predicted molar refractivity (Wildman–Crippen MR) is 137 cm³/mol. The molecule has 206 valence electrons. The number of phenols is 1. The lowest BCUT2D eigenvalue weighted by Crippen LogP contribution is -2.43. The summed E-state index contributed by atoms with van der Waals surface area (Å²) in [7, 11) is -4.01. The first-order valence-electron chi connectivity index (χ1n) is 11.8. The van der Waals surface area contributed by atoms with Crippen LogP contribution in [0.5, 0.6) is 5.75 Å². The molecule has 0 saturated heterocycles.